The molecule has 0 radical (unpaired) electrons. The molecule has 2 nitrogen and oxygen atoms in total. The predicted octanol–water partition coefficient (Wildman–Crippen LogP) is 2.83. The van der Waals surface area contributed by atoms with Gasteiger partial charge in [-0.25, -0.2) is 0 Å². The summed E-state index contributed by atoms with van der Waals surface area (Å²) in [7, 11) is 0. The Hall–Kier alpha value is -0.380. The van der Waals surface area contributed by atoms with Gasteiger partial charge >= 0.3 is 0 Å². The van der Waals surface area contributed by atoms with Crippen LogP contribution in [-0.4, -0.2) is 19.7 Å². The fourth-order valence-electron chi connectivity index (χ4n) is 1.31. The molecule has 1 aromatic rings. The Kier molecular flexibility index (Phi) is 6.64. The van der Waals surface area contributed by atoms with Crippen LogP contribution in [0.15, 0.2) is 12.1 Å². The molecule has 0 spiro atoms. The minimum Gasteiger partial charge on any atom is -0.375 e. The standard InChI is InChI=1S/C12H21NOS/c1-3-7-13-8-9-14-10-12-6-5-11(4-2)15-12/h5-6,13H,3-4,7-10H2,1-2H3. The number of rotatable bonds is 8. The van der Waals surface area contributed by atoms with Crippen molar-refractivity contribution in [2.24, 2.45) is 0 Å². The maximum absolute atomic E-state index is 5.57. The van der Waals surface area contributed by atoms with Crippen molar-refractivity contribution in [3.05, 3.63) is 21.9 Å². The van der Waals surface area contributed by atoms with E-state index in [2.05, 4.69) is 31.3 Å². The Morgan fingerprint density at radius 2 is 2.00 bits per heavy atom. The number of hydrogen-bond acceptors (Lipinski definition) is 3. The SMILES string of the molecule is CCCNCCOCc1ccc(CC)s1. The van der Waals surface area contributed by atoms with E-state index in [4.69, 9.17) is 4.74 Å². The van der Waals surface area contributed by atoms with Crippen LogP contribution in [0.5, 0.6) is 0 Å². The van der Waals surface area contributed by atoms with Crippen molar-refractivity contribution < 1.29 is 4.74 Å². The Labute approximate surface area is 96.7 Å². The predicted molar refractivity (Wildman–Crippen MR) is 66.5 cm³/mol. The average Bonchev–Trinajstić information content (AvgIpc) is 2.71. The van der Waals surface area contributed by atoms with E-state index in [1.807, 2.05) is 11.3 Å². The molecule has 0 saturated carbocycles. The van der Waals surface area contributed by atoms with Gasteiger partial charge < -0.3 is 10.1 Å². The van der Waals surface area contributed by atoms with E-state index >= 15 is 0 Å². The van der Waals surface area contributed by atoms with Gasteiger partial charge in [-0.15, -0.1) is 11.3 Å². The smallest absolute Gasteiger partial charge is 0.0810 e. The van der Waals surface area contributed by atoms with Crippen LogP contribution in [0.2, 0.25) is 0 Å². The van der Waals surface area contributed by atoms with Crippen molar-refractivity contribution in [2.75, 3.05) is 19.7 Å². The molecule has 1 rings (SSSR count). The summed E-state index contributed by atoms with van der Waals surface area (Å²) in [5, 5.41) is 3.32. The van der Waals surface area contributed by atoms with Crippen molar-refractivity contribution in [3.63, 3.8) is 0 Å². The Morgan fingerprint density at radius 3 is 2.67 bits per heavy atom. The summed E-state index contributed by atoms with van der Waals surface area (Å²) in [5.74, 6) is 0. The van der Waals surface area contributed by atoms with Crippen LogP contribution in [0.4, 0.5) is 0 Å². The molecule has 0 bridgehead atoms. The zero-order valence-electron chi connectivity index (χ0n) is 9.71. The number of nitrogens with one attached hydrogen (secondary N) is 1. The van der Waals surface area contributed by atoms with Crippen LogP contribution < -0.4 is 5.32 Å². The summed E-state index contributed by atoms with van der Waals surface area (Å²) < 4.78 is 5.57. The lowest BCUT2D eigenvalue weighted by molar-refractivity contribution is 0.125. The zero-order chi connectivity index (χ0) is 10.9. The van der Waals surface area contributed by atoms with Crippen molar-refractivity contribution in [1.29, 1.82) is 0 Å². The molecule has 1 heterocycles. The second-order valence-electron chi connectivity index (χ2n) is 3.52. The molecule has 0 saturated heterocycles. The van der Waals surface area contributed by atoms with Crippen molar-refractivity contribution >= 4 is 11.3 Å². The van der Waals surface area contributed by atoms with E-state index in [9.17, 15) is 0 Å². The van der Waals surface area contributed by atoms with Crippen molar-refractivity contribution in [1.82, 2.24) is 5.32 Å². The highest BCUT2D eigenvalue weighted by atomic mass is 32.1. The molecule has 15 heavy (non-hydrogen) atoms. The third-order valence-electron chi connectivity index (χ3n) is 2.16. The Balaban J connectivity index is 2.04. The monoisotopic (exact) mass is 227 g/mol. The van der Waals surface area contributed by atoms with E-state index in [1.165, 1.54) is 16.2 Å². The molecule has 3 heteroatoms. The number of ether oxygens (including phenoxy) is 1. The van der Waals surface area contributed by atoms with Crippen molar-refractivity contribution in [2.45, 2.75) is 33.3 Å². The van der Waals surface area contributed by atoms with Gasteiger partial charge in [-0.05, 0) is 31.5 Å². The summed E-state index contributed by atoms with van der Waals surface area (Å²) in [6.07, 6.45) is 2.31. The van der Waals surface area contributed by atoms with Crippen LogP contribution in [0.1, 0.15) is 30.0 Å². The lowest BCUT2D eigenvalue weighted by atomic mass is 10.4. The Bertz CT molecular complexity index is 260. The first kappa shape index (κ1) is 12.7. The minimum absolute atomic E-state index is 0.762. The second kappa shape index (κ2) is 7.85. The first-order valence-electron chi connectivity index (χ1n) is 5.72. The van der Waals surface area contributed by atoms with Gasteiger partial charge in [-0.3, -0.25) is 0 Å². The van der Waals surface area contributed by atoms with Crippen LogP contribution in [-0.2, 0) is 17.8 Å². The molecular formula is C12H21NOS. The van der Waals surface area contributed by atoms with Gasteiger partial charge in [0.1, 0.15) is 0 Å². The van der Waals surface area contributed by atoms with Gasteiger partial charge in [-0.1, -0.05) is 13.8 Å². The summed E-state index contributed by atoms with van der Waals surface area (Å²) in [4.78, 5) is 2.78. The summed E-state index contributed by atoms with van der Waals surface area (Å²) >= 11 is 1.86. The highest BCUT2D eigenvalue weighted by Crippen LogP contribution is 2.17. The largest absolute Gasteiger partial charge is 0.375 e. The fraction of sp³-hybridized carbons (Fsp3) is 0.667. The normalized spacial score (nSPS) is 10.8. The lowest BCUT2D eigenvalue weighted by Gasteiger charge is -2.03. The molecule has 0 aromatic carbocycles. The number of aryl methyl sites for hydroxylation is 1. The molecule has 0 aliphatic heterocycles. The number of thiophene rings is 1. The van der Waals surface area contributed by atoms with Crippen LogP contribution in [0.25, 0.3) is 0 Å². The van der Waals surface area contributed by atoms with Crippen LogP contribution >= 0.6 is 11.3 Å². The van der Waals surface area contributed by atoms with Crippen LogP contribution in [0, 0.1) is 0 Å². The Morgan fingerprint density at radius 1 is 1.20 bits per heavy atom. The minimum atomic E-state index is 0.762. The highest BCUT2D eigenvalue weighted by Gasteiger charge is 1.98. The molecule has 0 fully saturated rings. The highest BCUT2D eigenvalue weighted by molar-refractivity contribution is 7.11. The molecule has 0 atom stereocenters. The molecule has 0 amide bonds. The van der Waals surface area contributed by atoms with Crippen LogP contribution in [0.3, 0.4) is 0 Å². The maximum Gasteiger partial charge on any atom is 0.0810 e. The third-order valence-corrected chi connectivity index (χ3v) is 3.36. The molecule has 1 aromatic heterocycles. The summed E-state index contributed by atoms with van der Waals surface area (Å²) in [6, 6.07) is 4.36. The van der Waals surface area contributed by atoms with Gasteiger partial charge in [0.05, 0.1) is 13.2 Å². The van der Waals surface area contributed by atoms with Gasteiger partial charge in [0, 0.05) is 16.3 Å². The first-order chi connectivity index (χ1) is 7.36. The molecule has 0 unspecified atom stereocenters. The van der Waals surface area contributed by atoms with E-state index < -0.39 is 0 Å². The van der Waals surface area contributed by atoms with E-state index in [0.717, 1.165) is 32.7 Å². The number of hydrogen-bond donors (Lipinski definition) is 1. The van der Waals surface area contributed by atoms with Crippen molar-refractivity contribution in [3.8, 4) is 0 Å². The molecule has 86 valence electrons. The van der Waals surface area contributed by atoms with E-state index in [-0.39, 0.29) is 0 Å². The fourth-order valence-corrected chi connectivity index (χ4v) is 2.20. The van der Waals surface area contributed by atoms with Gasteiger partial charge in [0.15, 0.2) is 0 Å². The molecule has 0 aliphatic rings. The van der Waals surface area contributed by atoms with E-state index in [0.29, 0.717) is 0 Å². The lowest BCUT2D eigenvalue weighted by Crippen LogP contribution is -2.20. The molecule has 1 N–H and O–H groups in total. The quantitative estimate of drug-likeness (QED) is 0.690. The first-order valence-corrected chi connectivity index (χ1v) is 6.54. The average molecular weight is 227 g/mol. The molecular weight excluding hydrogens is 206 g/mol. The maximum atomic E-state index is 5.57. The van der Waals surface area contributed by atoms with Gasteiger partial charge in [-0.2, -0.15) is 0 Å². The third kappa shape index (κ3) is 5.30. The van der Waals surface area contributed by atoms with E-state index in [1.54, 1.807) is 0 Å². The topological polar surface area (TPSA) is 21.3 Å². The second-order valence-corrected chi connectivity index (χ2v) is 4.78. The summed E-state index contributed by atoms with van der Waals surface area (Å²) in [6.45, 7) is 7.97. The summed E-state index contributed by atoms with van der Waals surface area (Å²) in [5.41, 5.74) is 0. The van der Waals surface area contributed by atoms with Gasteiger partial charge in [0.2, 0.25) is 0 Å². The van der Waals surface area contributed by atoms with Gasteiger partial charge in [0.25, 0.3) is 0 Å². The molecule has 0 aliphatic carbocycles. The zero-order valence-corrected chi connectivity index (χ0v) is 10.5.